The van der Waals surface area contributed by atoms with Crippen molar-refractivity contribution in [2.45, 2.75) is 45.4 Å². The van der Waals surface area contributed by atoms with E-state index in [0.717, 1.165) is 9.40 Å². The molecular weight excluding hydrogens is 228 g/mol. The molecule has 0 aliphatic carbocycles. The van der Waals surface area contributed by atoms with Crippen LogP contribution < -0.4 is 4.74 Å². The van der Waals surface area contributed by atoms with Crippen LogP contribution in [0.5, 0.6) is 5.06 Å². The van der Waals surface area contributed by atoms with Crippen molar-refractivity contribution in [3.8, 4) is 5.06 Å². The van der Waals surface area contributed by atoms with Crippen molar-refractivity contribution < 1.29 is 4.74 Å². The third-order valence-corrected chi connectivity index (χ3v) is 3.96. The first-order chi connectivity index (χ1) is 7.01. The second kappa shape index (κ2) is 5.22. The molecule has 0 aliphatic rings. The van der Waals surface area contributed by atoms with Crippen molar-refractivity contribution >= 4 is 22.9 Å². The fourth-order valence-electron chi connectivity index (χ4n) is 1.72. The summed E-state index contributed by atoms with van der Waals surface area (Å²) in [5.74, 6) is 0. The van der Waals surface area contributed by atoms with Gasteiger partial charge in [0.25, 0.3) is 0 Å². The van der Waals surface area contributed by atoms with E-state index in [4.69, 9.17) is 16.3 Å². The normalized spacial score (nSPS) is 11.8. The number of rotatable bonds is 5. The van der Waals surface area contributed by atoms with Crippen molar-refractivity contribution in [1.29, 1.82) is 0 Å². The van der Waals surface area contributed by atoms with Crippen molar-refractivity contribution in [2.75, 3.05) is 7.11 Å². The van der Waals surface area contributed by atoms with E-state index in [1.807, 2.05) is 6.07 Å². The van der Waals surface area contributed by atoms with Crippen LogP contribution in [0.15, 0.2) is 6.07 Å². The van der Waals surface area contributed by atoms with Crippen LogP contribution >= 0.6 is 22.9 Å². The summed E-state index contributed by atoms with van der Waals surface area (Å²) in [6, 6.07) is 2.04. The molecule has 0 aliphatic heterocycles. The van der Waals surface area contributed by atoms with E-state index in [9.17, 15) is 0 Å². The lowest BCUT2D eigenvalue weighted by Crippen LogP contribution is -2.16. The topological polar surface area (TPSA) is 9.23 Å². The van der Waals surface area contributed by atoms with Crippen LogP contribution in [-0.2, 0) is 5.41 Å². The van der Waals surface area contributed by atoms with Gasteiger partial charge in [-0.15, -0.1) is 0 Å². The Morgan fingerprint density at radius 1 is 1.47 bits per heavy atom. The lowest BCUT2D eigenvalue weighted by Gasteiger charge is -2.24. The average Bonchev–Trinajstić information content (AvgIpc) is 2.57. The van der Waals surface area contributed by atoms with Gasteiger partial charge in [0, 0.05) is 5.56 Å². The molecule has 0 saturated heterocycles. The molecule has 0 radical (unpaired) electrons. The minimum Gasteiger partial charge on any atom is -0.487 e. The molecule has 0 aromatic carbocycles. The predicted octanol–water partition coefficient (Wildman–Crippen LogP) is 4.88. The zero-order valence-electron chi connectivity index (χ0n) is 9.89. The molecule has 0 N–H and O–H groups in total. The highest BCUT2D eigenvalue weighted by Gasteiger charge is 2.25. The van der Waals surface area contributed by atoms with Gasteiger partial charge in [-0.3, -0.25) is 0 Å². The Hall–Kier alpha value is -0.210. The molecule has 0 unspecified atom stereocenters. The summed E-state index contributed by atoms with van der Waals surface area (Å²) < 4.78 is 6.18. The molecule has 15 heavy (non-hydrogen) atoms. The van der Waals surface area contributed by atoms with Gasteiger partial charge in [-0.25, -0.2) is 0 Å². The predicted molar refractivity (Wildman–Crippen MR) is 68.4 cm³/mol. The van der Waals surface area contributed by atoms with Gasteiger partial charge in [0.05, 0.1) is 11.4 Å². The van der Waals surface area contributed by atoms with Gasteiger partial charge in [-0.2, -0.15) is 0 Å². The largest absolute Gasteiger partial charge is 0.487 e. The fraction of sp³-hybridized carbons (Fsp3) is 0.667. The van der Waals surface area contributed by atoms with Crippen LogP contribution in [0.2, 0.25) is 4.34 Å². The molecule has 1 rings (SSSR count). The van der Waals surface area contributed by atoms with E-state index in [-0.39, 0.29) is 5.41 Å². The van der Waals surface area contributed by atoms with Crippen molar-refractivity contribution in [2.24, 2.45) is 0 Å². The molecule has 0 fully saturated rings. The van der Waals surface area contributed by atoms with E-state index in [2.05, 4.69) is 20.8 Å². The summed E-state index contributed by atoms with van der Waals surface area (Å²) in [5.41, 5.74) is 1.40. The summed E-state index contributed by atoms with van der Waals surface area (Å²) in [5, 5.41) is 0.959. The Balaban J connectivity index is 2.91. The molecule has 1 aromatic heterocycles. The first-order valence-corrected chi connectivity index (χ1v) is 6.54. The molecule has 1 nitrogen and oxygen atoms in total. The Bertz CT molecular complexity index is 317. The van der Waals surface area contributed by atoms with Gasteiger partial charge in [0.1, 0.15) is 0 Å². The van der Waals surface area contributed by atoms with Crippen LogP contribution in [0.4, 0.5) is 0 Å². The summed E-state index contributed by atoms with van der Waals surface area (Å²) in [6.07, 6.45) is 3.64. The molecule has 1 aromatic rings. The van der Waals surface area contributed by atoms with Gasteiger partial charge < -0.3 is 4.74 Å². The molecule has 0 bridgehead atoms. The van der Waals surface area contributed by atoms with Crippen LogP contribution in [0, 0.1) is 0 Å². The maximum atomic E-state index is 6.02. The maximum Gasteiger partial charge on any atom is 0.178 e. The van der Waals surface area contributed by atoms with Gasteiger partial charge in [-0.1, -0.05) is 56.6 Å². The number of hydrogen-bond acceptors (Lipinski definition) is 2. The number of thiophene rings is 1. The standard InChI is InChI=1S/C12H19ClOS/c1-5-6-7-12(2,3)9-8-10(13)15-11(9)14-4/h8H,5-7H2,1-4H3. The molecule has 0 amide bonds. The maximum absolute atomic E-state index is 6.02. The van der Waals surface area contributed by atoms with Crippen molar-refractivity contribution in [3.63, 3.8) is 0 Å². The third-order valence-electron chi connectivity index (χ3n) is 2.74. The zero-order chi connectivity index (χ0) is 11.5. The third kappa shape index (κ3) is 3.12. The van der Waals surface area contributed by atoms with E-state index in [1.165, 1.54) is 36.2 Å². The fourth-order valence-corrected chi connectivity index (χ4v) is 2.92. The summed E-state index contributed by atoms with van der Waals surface area (Å²) in [6.45, 7) is 6.72. The molecule has 0 atom stereocenters. The van der Waals surface area contributed by atoms with Gasteiger partial charge >= 0.3 is 0 Å². The van der Waals surface area contributed by atoms with Crippen LogP contribution in [0.3, 0.4) is 0 Å². The Morgan fingerprint density at radius 3 is 2.67 bits per heavy atom. The second-order valence-electron chi connectivity index (χ2n) is 4.44. The van der Waals surface area contributed by atoms with E-state index < -0.39 is 0 Å². The lowest BCUT2D eigenvalue weighted by atomic mass is 9.81. The highest BCUT2D eigenvalue weighted by atomic mass is 35.5. The molecule has 86 valence electrons. The molecule has 1 heterocycles. The second-order valence-corrected chi connectivity index (χ2v) is 6.09. The smallest absolute Gasteiger partial charge is 0.178 e. The van der Waals surface area contributed by atoms with Crippen molar-refractivity contribution in [3.05, 3.63) is 16.0 Å². The Morgan fingerprint density at radius 2 is 2.13 bits per heavy atom. The number of methoxy groups -OCH3 is 1. The molecule has 0 saturated carbocycles. The lowest BCUT2D eigenvalue weighted by molar-refractivity contribution is 0.392. The number of ether oxygens (including phenoxy) is 1. The quantitative estimate of drug-likeness (QED) is 0.720. The first kappa shape index (κ1) is 12.9. The number of unbranched alkanes of at least 4 members (excludes halogenated alkanes) is 1. The highest BCUT2D eigenvalue weighted by molar-refractivity contribution is 7.18. The summed E-state index contributed by atoms with van der Waals surface area (Å²) in [4.78, 5) is 0. The van der Waals surface area contributed by atoms with Gasteiger partial charge in [-0.05, 0) is 17.9 Å². The Kier molecular flexibility index (Phi) is 4.47. The number of halogens is 1. The van der Waals surface area contributed by atoms with Crippen LogP contribution in [0.1, 0.15) is 45.6 Å². The average molecular weight is 247 g/mol. The van der Waals surface area contributed by atoms with E-state index >= 15 is 0 Å². The first-order valence-electron chi connectivity index (χ1n) is 5.35. The van der Waals surface area contributed by atoms with Gasteiger partial charge in [0.15, 0.2) is 5.06 Å². The molecule has 3 heteroatoms. The minimum atomic E-state index is 0.158. The molecular formula is C12H19ClOS. The van der Waals surface area contributed by atoms with E-state index in [0.29, 0.717) is 0 Å². The highest BCUT2D eigenvalue weighted by Crippen LogP contribution is 2.42. The molecule has 0 spiro atoms. The summed E-state index contributed by atoms with van der Waals surface area (Å²) in [7, 11) is 1.71. The monoisotopic (exact) mass is 246 g/mol. The SMILES string of the molecule is CCCCC(C)(C)c1cc(Cl)sc1OC. The number of hydrogen-bond donors (Lipinski definition) is 0. The van der Waals surface area contributed by atoms with Gasteiger partial charge in [0.2, 0.25) is 0 Å². The van der Waals surface area contributed by atoms with Crippen LogP contribution in [0.25, 0.3) is 0 Å². The van der Waals surface area contributed by atoms with Crippen molar-refractivity contribution in [1.82, 2.24) is 0 Å². The minimum absolute atomic E-state index is 0.158. The zero-order valence-corrected chi connectivity index (χ0v) is 11.5. The summed E-state index contributed by atoms with van der Waals surface area (Å²) >= 11 is 7.54. The van der Waals surface area contributed by atoms with Crippen LogP contribution in [-0.4, -0.2) is 7.11 Å². The Labute approximate surface area is 101 Å². The van der Waals surface area contributed by atoms with E-state index in [1.54, 1.807) is 7.11 Å².